The van der Waals surface area contributed by atoms with Gasteiger partial charge in [-0.2, -0.15) is 0 Å². The maximum Gasteiger partial charge on any atom is 0.326 e. The molecule has 3 unspecified atom stereocenters. The molecule has 0 aliphatic heterocycles. The molecular formula is C20H26N4O6. The molecular weight excluding hydrogens is 392 g/mol. The molecule has 10 heteroatoms. The number of benzene rings is 1. The van der Waals surface area contributed by atoms with Gasteiger partial charge < -0.3 is 31.6 Å². The van der Waals surface area contributed by atoms with Crippen LogP contribution in [-0.4, -0.2) is 57.1 Å². The third-order valence-electron chi connectivity index (χ3n) is 4.69. The van der Waals surface area contributed by atoms with E-state index in [-0.39, 0.29) is 12.3 Å². The fourth-order valence-electron chi connectivity index (χ4n) is 3.06. The van der Waals surface area contributed by atoms with E-state index in [4.69, 9.17) is 15.9 Å². The van der Waals surface area contributed by atoms with Crippen molar-refractivity contribution in [3.8, 4) is 0 Å². The van der Waals surface area contributed by atoms with Crippen molar-refractivity contribution in [1.29, 1.82) is 0 Å². The molecule has 10 nitrogen and oxygen atoms in total. The highest BCUT2D eigenvalue weighted by Gasteiger charge is 2.31. The number of hydrogen-bond donors (Lipinski definition) is 6. The molecule has 0 fully saturated rings. The van der Waals surface area contributed by atoms with Crippen molar-refractivity contribution < 1.29 is 29.4 Å². The molecule has 0 aliphatic carbocycles. The lowest BCUT2D eigenvalue weighted by Gasteiger charge is -2.25. The Morgan fingerprint density at radius 3 is 2.33 bits per heavy atom. The van der Waals surface area contributed by atoms with Crippen LogP contribution < -0.4 is 16.4 Å². The minimum atomic E-state index is -1.60. The summed E-state index contributed by atoms with van der Waals surface area (Å²) in [6.45, 7) is 3.34. The molecule has 3 atom stereocenters. The largest absolute Gasteiger partial charge is 0.481 e. The maximum atomic E-state index is 12.6. The number of H-pyrrole nitrogens is 1. The Labute approximate surface area is 172 Å². The van der Waals surface area contributed by atoms with E-state index in [1.165, 1.54) is 0 Å². The molecule has 7 N–H and O–H groups in total. The Morgan fingerprint density at radius 2 is 1.73 bits per heavy atom. The van der Waals surface area contributed by atoms with Gasteiger partial charge in [-0.1, -0.05) is 32.0 Å². The van der Waals surface area contributed by atoms with Gasteiger partial charge in [0.25, 0.3) is 0 Å². The van der Waals surface area contributed by atoms with Crippen LogP contribution in [0.3, 0.4) is 0 Å². The van der Waals surface area contributed by atoms with Crippen LogP contribution in [0.2, 0.25) is 0 Å². The number of carbonyl (C=O) groups is 4. The SMILES string of the molecule is CC(C)C(NC(=O)C(N)Cc1c[nH]c2ccccc12)C(=O)NC(CC(=O)O)C(=O)O. The van der Waals surface area contributed by atoms with E-state index in [1.807, 2.05) is 24.3 Å². The summed E-state index contributed by atoms with van der Waals surface area (Å²) < 4.78 is 0. The fraction of sp³-hybridized carbons (Fsp3) is 0.400. The van der Waals surface area contributed by atoms with E-state index in [0.717, 1.165) is 16.5 Å². The Hall–Kier alpha value is -3.40. The van der Waals surface area contributed by atoms with Crippen molar-refractivity contribution in [2.24, 2.45) is 11.7 Å². The number of aliphatic carboxylic acids is 2. The van der Waals surface area contributed by atoms with E-state index >= 15 is 0 Å². The number of fused-ring (bicyclic) bond motifs is 1. The zero-order valence-corrected chi connectivity index (χ0v) is 16.7. The van der Waals surface area contributed by atoms with E-state index in [1.54, 1.807) is 20.0 Å². The summed E-state index contributed by atoms with van der Waals surface area (Å²) in [5.41, 5.74) is 7.80. The van der Waals surface area contributed by atoms with Crippen LogP contribution >= 0.6 is 0 Å². The number of carboxylic acid groups (broad SMARTS) is 2. The van der Waals surface area contributed by atoms with E-state index in [2.05, 4.69) is 15.6 Å². The predicted molar refractivity (Wildman–Crippen MR) is 109 cm³/mol. The predicted octanol–water partition coefficient (Wildman–Crippen LogP) is 0.223. The zero-order valence-electron chi connectivity index (χ0n) is 16.7. The van der Waals surface area contributed by atoms with Crippen molar-refractivity contribution in [1.82, 2.24) is 15.6 Å². The molecule has 2 rings (SSSR count). The minimum Gasteiger partial charge on any atom is -0.481 e. The normalized spacial score (nSPS) is 14.1. The van der Waals surface area contributed by atoms with Crippen LogP contribution in [0.1, 0.15) is 25.8 Å². The van der Waals surface area contributed by atoms with Crippen LogP contribution in [0.25, 0.3) is 10.9 Å². The second kappa shape index (κ2) is 9.88. The molecule has 1 aromatic carbocycles. The van der Waals surface area contributed by atoms with Gasteiger partial charge in [0, 0.05) is 17.1 Å². The number of aromatic amines is 1. The number of carboxylic acids is 2. The monoisotopic (exact) mass is 418 g/mol. The second-order valence-electron chi connectivity index (χ2n) is 7.40. The van der Waals surface area contributed by atoms with Gasteiger partial charge >= 0.3 is 11.9 Å². The first-order valence-electron chi connectivity index (χ1n) is 9.46. The third-order valence-corrected chi connectivity index (χ3v) is 4.69. The zero-order chi connectivity index (χ0) is 22.4. The lowest BCUT2D eigenvalue weighted by atomic mass is 10.0. The molecule has 0 saturated heterocycles. The number of rotatable bonds is 10. The standard InChI is InChI=1S/C20H26N4O6/c1-10(2)17(19(28)23-15(20(29)30)8-16(25)26)24-18(27)13(21)7-11-9-22-14-6-4-3-5-12(11)14/h3-6,9-10,13,15,17,22H,7-8,21H2,1-2H3,(H,23,28)(H,24,27)(H,25,26)(H,29,30). The minimum absolute atomic E-state index is 0.235. The Balaban J connectivity index is 2.05. The molecule has 2 amide bonds. The molecule has 162 valence electrons. The first kappa shape index (κ1) is 22.9. The lowest BCUT2D eigenvalue weighted by molar-refractivity contribution is -0.147. The summed E-state index contributed by atoms with van der Waals surface area (Å²) in [6, 6.07) is 3.96. The van der Waals surface area contributed by atoms with Gasteiger partial charge in [-0.25, -0.2) is 4.79 Å². The van der Waals surface area contributed by atoms with Crippen LogP contribution in [0.5, 0.6) is 0 Å². The van der Waals surface area contributed by atoms with E-state index in [9.17, 15) is 19.2 Å². The smallest absolute Gasteiger partial charge is 0.326 e. The maximum absolute atomic E-state index is 12.6. The number of hydrogen-bond acceptors (Lipinski definition) is 5. The number of amides is 2. The molecule has 0 aliphatic rings. The van der Waals surface area contributed by atoms with Crippen molar-refractivity contribution in [2.45, 2.75) is 44.8 Å². The first-order valence-corrected chi connectivity index (χ1v) is 9.46. The lowest BCUT2D eigenvalue weighted by Crippen LogP contribution is -2.56. The van der Waals surface area contributed by atoms with Crippen LogP contribution in [0, 0.1) is 5.92 Å². The molecule has 0 saturated carbocycles. The van der Waals surface area contributed by atoms with Crippen molar-refractivity contribution in [3.63, 3.8) is 0 Å². The highest BCUT2D eigenvalue weighted by Crippen LogP contribution is 2.18. The van der Waals surface area contributed by atoms with E-state index < -0.39 is 48.3 Å². The van der Waals surface area contributed by atoms with Crippen LogP contribution in [0.15, 0.2) is 30.5 Å². The van der Waals surface area contributed by atoms with Gasteiger partial charge in [0.15, 0.2) is 0 Å². The molecule has 0 bridgehead atoms. The van der Waals surface area contributed by atoms with Gasteiger partial charge in [-0.15, -0.1) is 0 Å². The average Bonchev–Trinajstić information content (AvgIpc) is 3.07. The summed E-state index contributed by atoms with van der Waals surface area (Å²) in [5.74, 6) is -4.58. The van der Waals surface area contributed by atoms with Crippen molar-refractivity contribution >= 4 is 34.7 Å². The number of carbonyl (C=O) groups excluding carboxylic acids is 2. The summed E-state index contributed by atoms with van der Waals surface area (Å²) in [7, 11) is 0. The van der Waals surface area contributed by atoms with E-state index in [0.29, 0.717) is 0 Å². The highest BCUT2D eigenvalue weighted by atomic mass is 16.4. The molecule has 30 heavy (non-hydrogen) atoms. The summed E-state index contributed by atoms with van der Waals surface area (Å²) in [4.78, 5) is 50.2. The number of para-hydroxylation sites is 1. The number of nitrogens with one attached hydrogen (secondary N) is 3. The van der Waals surface area contributed by atoms with Gasteiger partial charge in [0.2, 0.25) is 11.8 Å². The van der Waals surface area contributed by atoms with Gasteiger partial charge in [-0.05, 0) is 24.0 Å². The fourth-order valence-corrected chi connectivity index (χ4v) is 3.06. The molecule has 1 heterocycles. The Bertz CT molecular complexity index is 938. The highest BCUT2D eigenvalue weighted by molar-refractivity contribution is 5.93. The Kier molecular flexibility index (Phi) is 7.54. The molecule has 0 radical (unpaired) electrons. The summed E-state index contributed by atoms with van der Waals surface area (Å²) in [5, 5.41) is 23.6. The second-order valence-corrected chi connectivity index (χ2v) is 7.40. The molecule has 2 aromatic rings. The average molecular weight is 418 g/mol. The van der Waals surface area contributed by atoms with Gasteiger partial charge in [-0.3, -0.25) is 14.4 Å². The third kappa shape index (κ3) is 5.80. The van der Waals surface area contributed by atoms with Gasteiger partial charge in [0.1, 0.15) is 12.1 Å². The first-order chi connectivity index (χ1) is 14.1. The quantitative estimate of drug-likeness (QED) is 0.320. The molecule has 1 aromatic heterocycles. The number of aromatic nitrogens is 1. The van der Waals surface area contributed by atoms with Gasteiger partial charge in [0.05, 0.1) is 12.5 Å². The van der Waals surface area contributed by atoms with Crippen molar-refractivity contribution in [3.05, 3.63) is 36.0 Å². The summed E-state index contributed by atoms with van der Waals surface area (Å²) in [6.07, 6.45) is 1.23. The molecule has 0 spiro atoms. The number of nitrogens with two attached hydrogens (primary N) is 1. The van der Waals surface area contributed by atoms with Crippen LogP contribution in [-0.2, 0) is 25.6 Å². The van der Waals surface area contributed by atoms with Crippen molar-refractivity contribution in [2.75, 3.05) is 0 Å². The Morgan fingerprint density at radius 1 is 1.07 bits per heavy atom. The van der Waals surface area contributed by atoms with Crippen LogP contribution in [0.4, 0.5) is 0 Å². The topological polar surface area (TPSA) is 175 Å². The summed E-state index contributed by atoms with van der Waals surface area (Å²) >= 11 is 0.